The molecule has 11 rings (SSSR count). The molecule has 0 bridgehead atoms. The summed E-state index contributed by atoms with van der Waals surface area (Å²) in [7, 11) is 0. The summed E-state index contributed by atoms with van der Waals surface area (Å²) in [4.78, 5) is 4.84. The van der Waals surface area contributed by atoms with Gasteiger partial charge in [-0.3, -0.25) is 0 Å². The van der Waals surface area contributed by atoms with Crippen LogP contribution in [0.15, 0.2) is 243 Å². The minimum absolute atomic E-state index is 0.114. The van der Waals surface area contributed by atoms with Crippen LogP contribution in [0.2, 0.25) is 0 Å². The third-order valence-corrected chi connectivity index (χ3v) is 12.8. The Balaban J connectivity index is 1.03. The monoisotopic (exact) mass is 806 g/mol. The number of nitrogens with zero attached hydrogens (tertiary/aromatic N) is 2. The van der Waals surface area contributed by atoms with Gasteiger partial charge in [-0.1, -0.05) is 196 Å². The summed E-state index contributed by atoms with van der Waals surface area (Å²) >= 11 is 0. The third-order valence-electron chi connectivity index (χ3n) is 12.8. The van der Waals surface area contributed by atoms with E-state index in [9.17, 15) is 0 Å². The van der Waals surface area contributed by atoms with E-state index in [4.69, 9.17) is 0 Å². The topological polar surface area (TPSA) is 6.48 Å². The van der Waals surface area contributed by atoms with Crippen LogP contribution in [0, 0.1) is 0 Å². The average Bonchev–Trinajstić information content (AvgIpc) is 3.59. The van der Waals surface area contributed by atoms with Crippen LogP contribution in [0.25, 0.3) is 55.3 Å². The maximum atomic E-state index is 2.45. The first kappa shape index (κ1) is 38.0. The Morgan fingerprint density at radius 2 is 0.778 bits per heavy atom. The van der Waals surface area contributed by atoms with E-state index in [1.54, 1.807) is 0 Å². The minimum Gasteiger partial charge on any atom is -0.310 e. The number of benzene rings is 10. The molecule has 0 fully saturated rings. The molecule has 1 aliphatic carbocycles. The van der Waals surface area contributed by atoms with E-state index in [-0.39, 0.29) is 5.41 Å². The van der Waals surface area contributed by atoms with Gasteiger partial charge in [0.1, 0.15) is 0 Å². The predicted octanol–water partition coefficient (Wildman–Crippen LogP) is 17.1. The molecule has 10 aromatic carbocycles. The molecule has 0 aromatic heterocycles. The fourth-order valence-corrected chi connectivity index (χ4v) is 9.77. The Morgan fingerprint density at radius 3 is 1.49 bits per heavy atom. The fourth-order valence-electron chi connectivity index (χ4n) is 9.77. The highest BCUT2D eigenvalue weighted by atomic mass is 15.2. The standard InChI is InChI=1S/C61H46N2/c1-61(2)55-29-15-14-28-54(55)60-56(61)30-17-31-57(60)63(51-37-32-44(33-38-51)43-18-6-3-7-19-43)52-26-16-23-48(42-52)45-34-39-50(40-35-45)62(49-24-10-5-11-25-49)58-41-36-46-20-12-13-27-53(46)59(58)47-21-8-4-9-22-47/h3-42H,1-2H3. The minimum atomic E-state index is -0.114. The third kappa shape index (κ3) is 6.77. The smallest absolute Gasteiger partial charge is 0.0546 e. The molecule has 0 amide bonds. The number of hydrogen-bond acceptors (Lipinski definition) is 2. The van der Waals surface area contributed by atoms with Crippen molar-refractivity contribution in [3.63, 3.8) is 0 Å². The first-order valence-corrected chi connectivity index (χ1v) is 21.8. The zero-order valence-electron chi connectivity index (χ0n) is 35.5. The summed E-state index contributed by atoms with van der Waals surface area (Å²) < 4.78 is 0. The maximum Gasteiger partial charge on any atom is 0.0546 e. The van der Waals surface area contributed by atoms with Crippen LogP contribution in [-0.2, 0) is 5.41 Å². The maximum absolute atomic E-state index is 2.45. The second-order valence-corrected chi connectivity index (χ2v) is 16.9. The van der Waals surface area contributed by atoms with Crippen LogP contribution in [0.3, 0.4) is 0 Å². The molecule has 300 valence electrons. The molecular weight excluding hydrogens is 761 g/mol. The lowest BCUT2D eigenvalue weighted by atomic mass is 9.82. The van der Waals surface area contributed by atoms with Gasteiger partial charge >= 0.3 is 0 Å². The van der Waals surface area contributed by atoms with Crippen LogP contribution in [0.5, 0.6) is 0 Å². The van der Waals surface area contributed by atoms with E-state index < -0.39 is 0 Å². The second kappa shape index (κ2) is 15.8. The van der Waals surface area contributed by atoms with Crippen molar-refractivity contribution in [2.75, 3.05) is 9.80 Å². The second-order valence-electron chi connectivity index (χ2n) is 16.9. The van der Waals surface area contributed by atoms with E-state index in [0.717, 1.165) is 39.6 Å². The summed E-state index contributed by atoms with van der Waals surface area (Å²) in [5.74, 6) is 0. The quantitative estimate of drug-likeness (QED) is 0.143. The van der Waals surface area contributed by atoms with Crippen molar-refractivity contribution in [3.05, 3.63) is 254 Å². The largest absolute Gasteiger partial charge is 0.310 e. The van der Waals surface area contributed by atoms with Crippen molar-refractivity contribution >= 4 is 44.9 Å². The van der Waals surface area contributed by atoms with Crippen molar-refractivity contribution in [2.45, 2.75) is 19.3 Å². The molecule has 1 aliphatic rings. The van der Waals surface area contributed by atoms with Gasteiger partial charge in [-0.2, -0.15) is 0 Å². The number of anilines is 6. The normalized spacial score (nSPS) is 12.4. The van der Waals surface area contributed by atoms with E-state index in [0.29, 0.717) is 0 Å². The van der Waals surface area contributed by atoms with Gasteiger partial charge in [-0.15, -0.1) is 0 Å². The van der Waals surface area contributed by atoms with Crippen molar-refractivity contribution in [2.24, 2.45) is 0 Å². The van der Waals surface area contributed by atoms with Gasteiger partial charge in [0.05, 0.1) is 11.4 Å². The number of hydrogen-bond donors (Lipinski definition) is 0. The molecule has 0 atom stereocenters. The van der Waals surface area contributed by atoms with Crippen LogP contribution < -0.4 is 9.80 Å². The van der Waals surface area contributed by atoms with Gasteiger partial charge in [0.2, 0.25) is 0 Å². The Bertz CT molecular complexity index is 3230. The lowest BCUT2D eigenvalue weighted by Crippen LogP contribution is -2.16. The Kier molecular flexibility index (Phi) is 9.55. The lowest BCUT2D eigenvalue weighted by molar-refractivity contribution is 0.660. The van der Waals surface area contributed by atoms with Crippen molar-refractivity contribution in [1.29, 1.82) is 0 Å². The van der Waals surface area contributed by atoms with Gasteiger partial charge in [-0.25, -0.2) is 0 Å². The molecule has 2 heteroatoms. The molecule has 10 aromatic rings. The van der Waals surface area contributed by atoms with Gasteiger partial charge < -0.3 is 9.80 Å². The molecule has 0 N–H and O–H groups in total. The Labute approximate surface area is 370 Å². The van der Waals surface area contributed by atoms with Crippen molar-refractivity contribution in [3.8, 4) is 44.5 Å². The van der Waals surface area contributed by atoms with Crippen LogP contribution >= 0.6 is 0 Å². The lowest BCUT2D eigenvalue weighted by Gasteiger charge is -2.29. The van der Waals surface area contributed by atoms with Crippen LogP contribution in [0.1, 0.15) is 25.0 Å². The number of fused-ring (bicyclic) bond motifs is 4. The molecule has 0 spiro atoms. The average molecular weight is 807 g/mol. The van der Waals surface area contributed by atoms with Crippen LogP contribution in [0.4, 0.5) is 34.1 Å². The molecule has 0 heterocycles. The first-order valence-electron chi connectivity index (χ1n) is 21.8. The Morgan fingerprint density at radius 1 is 0.302 bits per heavy atom. The summed E-state index contributed by atoms with van der Waals surface area (Å²) in [6, 6.07) is 88.2. The van der Waals surface area contributed by atoms with E-state index in [1.165, 1.54) is 61.0 Å². The zero-order chi connectivity index (χ0) is 42.3. The molecule has 0 saturated carbocycles. The number of para-hydroxylation sites is 1. The molecule has 63 heavy (non-hydrogen) atoms. The van der Waals surface area contributed by atoms with Crippen molar-refractivity contribution in [1.82, 2.24) is 0 Å². The highest BCUT2D eigenvalue weighted by Gasteiger charge is 2.37. The van der Waals surface area contributed by atoms with Gasteiger partial charge in [0.25, 0.3) is 0 Å². The van der Waals surface area contributed by atoms with Gasteiger partial charge in [0.15, 0.2) is 0 Å². The molecule has 2 nitrogen and oxygen atoms in total. The molecule has 0 unspecified atom stereocenters. The van der Waals surface area contributed by atoms with Crippen molar-refractivity contribution < 1.29 is 0 Å². The molecular formula is C61H46N2. The molecule has 0 radical (unpaired) electrons. The summed E-state index contributed by atoms with van der Waals surface area (Å²) in [6.45, 7) is 4.71. The van der Waals surface area contributed by atoms with Crippen LogP contribution in [-0.4, -0.2) is 0 Å². The van der Waals surface area contributed by atoms with E-state index in [2.05, 4.69) is 266 Å². The SMILES string of the molecule is CC1(C)c2ccccc2-c2c(N(c3ccc(-c4ccccc4)cc3)c3cccc(-c4ccc(N(c5ccccc5)c5ccc6ccccc6c5-c5ccccc5)cc4)c3)cccc21. The Hall–Kier alpha value is -7.94. The van der Waals surface area contributed by atoms with E-state index in [1.807, 2.05) is 0 Å². The summed E-state index contributed by atoms with van der Waals surface area (Å²) in [5, 5.41) is 2.45. The summed E-state index contributed by atoms with van der Waals surface area (Å²) in [5.41, 5.74) is 19.0. The highest BCUT2D eigenvalue weighted by Crippen LogP contribution is 2.54. The molecule has 0 saturated heterocycles. The summed E-state index contributed by atoms with van der Waals surface area (Å²) in [6.07, 6.45) is 0. The highest BCUT2D eigenvalue weighted by molar-refractivity contribution is 6.05. The fraction of sp³-hybridized carbons (Fsp3) is 0.0492. The van der Waals surface area contributed by atoms with E-state index >= 15 is 0 Å². The van der Waals surface area contributed by atoms with Gasteiger partial charge in [-0.05, 0) is 116 Å². The molecule has 0 aliphatic heterocycles. The number of rotatable bonds is 9. The zero-order valence-corrected chi connectivity index (χ0v) is 35.5. The predicted molar refractivity (Wildman–Crippen MR) is 267 cm³/mol. The first-order chi connectivity index (χ1) is 31.0. The van der Waals surface area contributed by atoms with Gasteiger partial charge in [0, 0.05) is 39.3 Å².